The van der Waals surface area contributed by atoms with Crippen LogP contribution in [-0.4, -0.2) is 17.1 Å². The largest absolute Gasteiger partial charge is 0.461 e. The van der Waals surface area contributed by atoms with Gasteiger partial charge in [0.1, 0.15) is 23.4 Å². The van der Waals surface area contributed by atoms with Gasteiger partial charge in [-0.05, 0) is 36.6 Å². The molecule has 1 aromatic heterocycles. The first-order chi connectivity index (χ1) is 13.9. The van der Waals surface area contributed by atoms with Crippen molar-refractivity contribution in [3.8, 4) is 28.3 Å². The quantitative estimate of drug-likeness (QED) is 0.556. The fraction of sp³-hybridized carbons (Fsp3) is 0.217. The maximum atomic E-state index is 14.1. The van der Waals surface area contributed by atoms with Gasteiger partial charge in [-0.25, -0.2) is 13.6 Å². The van der Waals surface area contributed by atoms with Crippen molar-refractivity contribution in [1.82, 2.24) is 4.57 Å². The van der Waals surface area contributed by atoms with Crippen molar-refractivity contribution in [3.63, 3.8) is 0 Å². The number of nitrogens with zero attached hydrogens (tertiary/aromatic N) is 2. The third-order valence-corrected chi connectivity index (χ3v) is 4.85. The summed E-state index contributed by atoms with van der Waals surface area (Å²) in [4.78, 5) is 12.6. The second-order valence-electron chi connectivity index (χ2n) is 6.49. The third-order valence-electron chi connectivity index (χ3n) is 4.85. The third kappa shape index (κ3) is 3.64. The Morgan fingerprint density at radius 3 is 2.31 bits per heavy atom. The van der Waals surface area contributed by atoms with Gasteiger partial charge < -0.3 is 9.30 Å². The summed E-state index contributed by atoms with van der Waals surface area (Å²) in [6, 6.07) is 12.4. The highest BCUT2D eigenvalue weighted by Crippen LogP contribution is 2.34. The highest BCUT2D eigenvalue weighted by atomic mass is 19.1. The average Bonchev–Trinajstić information content (AvgIpc) is 2.99. The van der Waals surface area contributed by atoms with Crippen LogP contribution in [0.3, 0.4) is 0 Å². The molecule has 0 radical (unpaired) electrons. The van der Waals surface area contributed by atoms with E-state index < -0.39 is 17.6 Å². The van der Waals surface area contributed by atoms with E-state index in [1.54, 1.807) is 42.8 Å². The van der Waals surface area contributed by atoms with E-state index in [2.05, 4.69) is 6.07 Å². The Labute approximate surface area is 168 Å². The van der Waals surface area contributed by atoms with Gasteiger partial charge in [-0.15, -0.1) is 0 Å². The molecule has 0 fully saturated rings. The number of hydrogen-bond donors (Lipinski definition) is 0. The molecule has 0 N–H and O–H groups in total. The monoisotopic (exact) mass is 394 g/mol. The lowest BCUT2D eigenvalue weighted by atomic mass is 9.97. The van der Waals surface area contributed by atoms with E-state index >= 15 is 0 Å². The van der Waals surface area contributed by atoms with E-state index in [9.17, 15) is 18.8 Å². The smallest absolute Gasteiger partial charge is 0.355 e. The van der Waals surface area contributed by atoms with E-state index in [0.29, 0.717) is 34.4 Å². The zero-order chi connectivity index (χ0) is 21.1. The fourth-order valence-corrected chi connectivity index (χ4v) is 3.53. The molecule has 1 heterocycles. The Morgan fingerprint density at radius 1 is 1.10 bits per heavy atom. The Balaban J connectivity index is 2.15. The van der Waals surface area contributed by atoms with Gasteiger partial charge in [-0.1, -0.05) is 31.2 Å². The van der Waals surface area contributed by atoms with Crippen LogP contribution in [0.2, 0.25) is 0 Å². The van der Waals surface area contributed by atoms with Gasteiger partial charge in [-0.2, -0.15) is 5.26 Å². The standard InChI is InChI=1S/C23H20F2N2O2/c1-4-20-18(13-26)21(22(27(20)3)23(28)29-5-2)15-8-6-14(7-9-15)17-11-10-16(24)12-19(17)25/h6-12H,4-5H2,1-3H3. The molecule has 148 valence electrons. The van der Waals surface area contributed by atoms with E-state index in [1.807, 2.05) is 6.92 Å². The van der Waals surface area contributed by atoms with Gasteiger partial charge in [0.25, 0.3) is 0 Å². The lowest BCUT2D eigenvalue weighted by Gasteiger charge is -2.09. The molecule has 29 heavy (non-hydrogen) atoms. The van der Waals surface area contributed by atoms with Crippen molar-refractivity contribution in [2.75, 3.05) is 6.61 Å². The number of carbonyl (C=O) groups excluding carboxylic acids is 1. The molecule has 0 saturated carbocycles. The molecule has 0 spiro atoms. The van der Waals surface area contributed by atoms with Crippen molar-refractivity contribution in [1.29, 1.82) is 5.26 Å². The van der Waals surface area contributed by atoms with E-state index in [1.165, 1.54) is 12.1 Å². The van der Waals surface area contributed by atoms with Crippen LogP contribution in [0.5, 0.6) is 0 Å². The highest BCUT2D eigenvalue weighted by Gasteiger charge is 2.26. The molecule has 0 saturated heterocycles. The summed E-state index contributed by atoms with van der Waals surface area (Å²) in [5.74, 6) is -1.80. The first kappa shape index (κ1) is 20.3. The van der Waals surface area contributed by atoms with Crippen LogP contribution in [0.25, 0.3) is 22.3 Å². The number of carbonyl (C=O) groups is 1. The minimum atomic E-state index is -0.657. The molecule has 0 aliphatic rings. The van der Waals surface area contributed by atoms with Gasteiger partial charge in [0, 0.05) is 29.9 Å². The molecule has 3 rings (SSSR count). The number of nitriles is 1. The predicted molar refractivity (Wildman–Crippen MR) is 106 cm³/mol. The van der Waals surface area contributed by atoms with Gasteiger partial charge in [-0.3, -0.25) is 0 Å². The van der Waals surface area contributed by atoms with E-state index in [4.69, 9.17) is 4.74 Å². The predicted octanol–water partition coefficient (Wildman–Crippen LogP) is 5.25. The Hall–Kier alpha value is -3.46. The Kier molecular flexibility index (Phi) is 5.79. The van der Waals surface area contributed by atoms with Gasteiger partial charge >= 0.3 is 5.97 Å². The van der Waals surface area contributed by atoms with Crippen LogP contribution in [0.1, 0.15) is 35.6 Å². The summed E-state index contributed by atoms with van der Waals surface area (Å²) < 4.78 is 34.1. The van der Waals surface area contributed by atoms with Crippen LogP contribution in [-0.2, 0) is 18.2 Å². The second kappa shape index (κ2) is 8.27. The van der Waals surface area contributed by atoms with Crippen LogP contribution in [0.15, 0.2) is 42.5 Å². The molecule has 6 heteroatoms. The number of halogens is 2. The van der Waals surface area contributed by atoms with E-state index in [-0.39, 0.29) is 12.2 Å². The SMILES string of the molecule is CCOC(=O)c1c(-c2ccc(-c3ccc(F)cc3F)cc2)c(C#N)c(CC)n1C. The molecule has 0 aliphatic heterocycles. The van der Waals surface area contributed by atoms with Crippen molar-refractivity contribution in [2.45, 2.75) is 20.3 Å². The molecular weight excluding hydrogens is 374 g/mol. The highest BCUT2D eigenvalue weighted by molar-refractivity contribution is 5.98. The number of rotatable bonds is 5. The molecule has 0 bridgehead atoms. The number of aromatic nitrogens is 1. The summed E-state index contributed by atoms with van der Waals surface area (Å²) in [7, 11) is 1.73. The molecule has 3 aromatic rings. The van der Waals surface area contributed by atoms with Gasteiger partial charge in [0.2, 0.25) is 0 Å². The topological polar surface area (TPSA) is 55.0 Å². The zero-order valence-corrected chi connectivity index (χ0v) is 16.4. The molecule has 0 unspecified atom stereocenters. The van der Waals surface area contributed by atoms with Crippen molar-refractivity contribution >= 4 is 5.97 Å². The summed E-state index contributed by atoms with van der Waals surface area (Å²) in [6.07, 6.45) is 0.574. The van der Waals surface area contributed by atoms with Gasteiger partial charge in [0.05, 0.1) is 12.2 Å². The lowest BCUT2D eigenvalue weighted by molar-refractivity contribution is 0.0516. The Morgan fingerprint density at radius 2 is 1.76 bits per heavy atom. The number of hydrogen-bond acceptors (Lipinski definition) is 3. The molecule has 0 amide bonds. The number of benzene rings is 2. The zero-order valence-electron chi connectivity index (χ0n) is 16.4. The number of ether oxygens (including phenoxy) is 1. The minimum absolute atomic E-state index is 0.218. The number of esters is 1. The fourth-order valence-electron chi connectivity index (χ4n) is 3.53. The first-order valence-electron chi connectivity index (χ1n) is 9.27. The average molecular weight is 394 g/mol. The molecule has 4 nitrogen and oxygen atoms in total. The van der Waals surface area contributed by atoms with Crippen LogP contribution in [0.4, 0.5) is 8.78 Å². The molecular formula is C23H20F2N2O2. The summed E-state index contributed by atoms with van der Waals surface area (Å²) in [6.45, 7) is 3.85. The summed E-state index contributed by atoms with van der Waals surface area (Å²) in [5, 5.41) is 9.74. The molecule has 2 aromatic carbocycles. The Bertz CT molecular complexity index is 1110. The lowest BCUT2D eigenvalue weighted by Crippen LogP contribution is -2.12. The van der Waals surface area contributed by atoms with Crippen LogP contribution in [0, 0.1) is 23.0 Å². The molecule has 0 aliphatic carbocycles. The summed E-state index contributed by atoms with van der Waals surface area (Å²) in [5.41, 5.74) is 3.43. The first-order valence-corrected chi connectivity index (χ1v) is 9.27. The molecule has 0 atom stereocenters. The van der Waals surface area contributed by atoms with Crippen LogP contribution >= 0.6 is 0 Å². The second-order valence-corrected chi connectivity index (χ2v) is 6.49. The van der Waals surface area contributed by atoms with Crippen molar-refractivity contribution < 1.29 is 18.3 Å². The normalized spacial score (nSPS) is 10.6. The van der Waals surface area contributed by atoms with E-state index in [0.717, 1.165) is 11.8 Å². The van der Waals surface area contributed by atoms with Gasteiger partial charge in [0.15, 0.2) is 0 Å². The van der Waals surface area contributed by atoms with Crippen molar-refractivity contribution in [2.24, 2.45) is 7.05 Å². The maximum absolute atomic E-state index is 14.1. The minimum Gasteiger partial charge on any atom is -0.461 e. The maximum Gasteiger partial charge on any atom is 0.355 e. The van der Waals surface area contributed by atoms with Crippen LogP contribution < -0.4 is 0 Å². The van der Waals surface area contributed by atoms with Crippen molar-refractivity contribution in [3.05, 3.63) is 71.1 Å². The summed E-state index contributed by atoms with van der Waals surface area (Å²) >= 11 is 0.